The van der Waals surface area contributed by atoms with Crippen molar-refractivity contribution in [3.8, 4) is 0 Å². The Bertz CT molecular complexity index is 706. The van der Waals surface area contributed by atoms with Crippen LogP contribution < -0.4 is 16.0 Å². The zero-order valence-electron chi connectivity index (χ0n) is 14.1. The van der Waals surface area contributed by atoms with Crippen LogP contribution in [0.5, 0.6) is 0 Å². The second-order valence-corrected chi connectivity index (χ2v) is 6.28. The molecule has 2 amide bonds. The first-order valence-corrected chi connectivity index (χ1v) is 8.69. The third-order valence-electron chi connectivity index (χ3n) is 4.31. The van der Waals surface area contributed by atoms with Crippen molar-refractivity contribution in [1.29, 1.82) is 0 Å². The average molecular weight is 341 g/mol. The summed E-state index contributed by atoms with van der Waals surface area (Å²) in [4.78, 5) is 24.1. The van der Waals surface area contributed by atoms with Gasteiger partial charge < -0.3 is 20.4 Å². The van der Waals surface area contributed by atoms with Crippen molar-refractivity contribution in [3.63, 3.8) is 0 Å². The van der Waals surface area contributed by atoms with Crippen LogP contribution in [-0.4, -0.2) is 24.4 Å². The van der Waals surface area contributed by atoms with E-state index in [1.165, 1.54) is 25.5 Å². The van der Waals surface area contributed by atoms with Gasteiger partial charge in [0.2, 0.25) is 5.91 Å². The molecular formula is C19H23N3O3. The smallest absolute Gasteiger partial charge is 0.291 e. The number of hydrogen-bond acceptors (Lipinski definition) is 4. The Kier molecular flexibility index (Phi) is 5.85. The minimum atomic E-state index is -0.326. The molecule has 0 bridgehead atoms. The Morgan fingerprint density at radius 2 is 1.76 bits per heavy atom. The Labute approximate surface area is 147 Å². The summed E-state index contributed by atoms with van der Waals surface area (Å²) in [6.45, 7) is 0.299. The van der Waals surface area contributed by atoms with Crippen LogP contribution in [0.3, 0.4) is 0 Å². The van der Waals surface area contributed by atoms with Gasteiger partial charge in [0, 0.05) is 17.4 Å². The minimum Gasteiger partial charge on any atom is -0.459 e. The fraction of sp³-hybridized carbons (Fsp3) is 0.368. The van der Waals surface area contributed by atoms with E-state index >= 15 is 0 Å². The lowest BCUT2D eigenvalue weighted by molar-refractivity contribution is -0.115. The fourth-order valence-corrected chi connectivity index (χ4v) is 3.02. The maximum Gasteiger partial charge on any atom is 0.291 e. The lowest BCUT2D eigenvalue weighted by Gasteiger charge is -2.22. The number of benzene rings is 1. The highest BCUT2D eigenvalue weighted by Crippen LogP contribution is 2.18. The number of anilines is 2. The van der Waals surface area contributed by atoms with Gasteiger partial charge in [0.05, 0.1) is 12.8 Å². The van der Waals surface area contributed by atoms with E-state index in [-0.39, 0.29) is 17.6 Å². The SMILES string of the molecule is O=C(CNC1CCCCC1)Nc1cccc(NC(=O)c2ccco2)c1. The maximum atomic E-state index is 12.1. The summed E-state index contributed by atoms with van der Waals surface area (Å²) in [7, 11) is 0. The topological polar surface area (TPSA) is 83.4 Å². The molecule has 1 heterocycles. The van der Waals surface area contributed by atoms with Crippen LogP contribution in [0.2, 0.25) is 0 Å². The molecule has 2 aromatic rings. The molecule has 0 radical (unpaired) electrons. The van der Waals surface area contributed by atoms with Gasteiger partial charge in [-0.05, 0) is 43.2 Å². The number of hydrogen-bond donors (Lipinski definition) is 3. The number of furan rings is 1. The fourth-order valence-electron chi connectivity index (χ4n) is 3.02. The van der Waals surface area contributed by atoms with Gasteiger partial charge >= 0.3 is 0 Å². The predicted octanol–water partition coefficient (Wildman–Crippen LogP) is 3.39. The molecule has 3 rings (SSSR count). The van der Waals surface area contributed by atoms with Gasteiger partial charge in [0.25, 0.3) is 5.91 Å². The van der Waals surface area contributed by atoms with E-state index in [1.54, 1.807) is 36.4 Å². The lowest BCUT2D eigenvalue weighted by atomic mass is 9.95. The molecule has 1 aliphatic rings. The van der Waals surface area contributed by atoms with Crippen molar-refractivity contribution in [2.75, 3.05) is 17.2 Å². The molecule has 25 heavy (non-hydrogen) atoms. The van der Waals surface area contributed by atoms with Crippen LogP contribution in [0.4, 0.5) is 11.4 Å². The van der Waals surface area contributed by atoms with E-state index in [1.807, 2.05) is 0 Å². The Morgan fingerprint density at radius 3 is 2.48 bits per heavy atom. The first kappa shape index (κ1) is 17.2. The van der Waals surface area contributed by atoms with Crippen molar-refractivity contribution in [2.24, 2.45) is 0 Å². The number of amides is 2. The first-order valence-electron chi connectivity index (χ1n) is 8.69. The van der Waals surface area contributed by atoms with Gasteiger partial charge in [-0.3, -0.25) is 9.59 Å². The highest BCUT2D eigenvalue weighted by atomic mass is 16.3. The molecule has 0 saturated heterocycles. The van der Waals surface area contributed by atoms with E-state index < -0.39 is 0 Å². The molecule has 0 aliphatic heterocycles. The van der Waals surface area contributed by atoms with Crippen LogP contribution in [-0.2, 0) is 4.79 Å². The van der Waals surface area contributed by atoms with Crippen molar-refractivity contribution < 1.29 is 14.0 Å². The Morgan fingerprint density at radius 1 is 1.00 bits per heavy atom. The van der Waals surface area contributed by atoms with Crippen molar-refractivity contribution in [2.45, 2.75) is 38.1 Å². The monoisotopic (exact) mass is 341 g/mol. The Hall–Kier alpha value is -2.60. The van der Waals surface area contributed by atoms with E-state index in [0.717, 1.165) is 12.8 Å². The van der Waals surface area contributed by atoms with Gasteiger partial charge in [0.1, 0.15) is 0 Å². The zero-order valence-corrected chi connectivity index (χ0v) is 14.1. The normalized spacial score (nSPS) is 14.9. The third-order valence-corrected chi connectivity index (χ3v) is 4.31. The second-order valence-electron chi connectivity index (χ2n) is 6.28. The van der Waals surface area contributed by atoms with Crippen LogP contribution in [0.25, 0.3) is 0 Å². The predicted molar refractivity (Wildman–Crippen MR) is 96.6 cm³/mol. The van der Waals surface area contributed by atoms with E-state index in [0.29, 0.717) is 24.0 Å². The quantitative estimate of drug-likeness (QED) is 0.752. The van der Waals surface area contributed by atoms with Gasteiger partial charge in [-0.1, -0.05) is 25.3 Å². The second kappa shape index (κ2) is 8.48. The number of nitrogens with one attached hydrogen (secondary N) is 3. The molecular weight excluding hydrogens is 318 g/mol. The number of rotatable bonds is 6. The third kappa shape index (κ3) is 5.19. The Balaban J connectivity index is 1.50. The van der Waals surface area contributed by atoms with Crippen LogP contribution in [0.15, 0.2) is 47.1 Å². The lowest BCUT2D eigenvalue weighted by Crippen LogP contribution is -2.37. The number of carbonyl (C=O) groups excluding carboxylic acids is 2. The summed E-state index contributed by atoms with van der Waals surface area (Å²) in [6, 6.07) is 10.8. The molecule has 1 saturated carbocycles. The molecule has 0 unspecified atom stereocenters. The van der Waals surface area contributed by atoms with Crippen LogP contribution in [0.1, 0.15) is 42.7 Å². The maximum absolute atomic E-state index is 12.1. The summed E-state index contributed by atoms with van der Waals surface area (Å²) in [5, 5.41) is 8.91. The van der Waals surface area contributed by atoms with Crippen LogP contribution in [0, 0.1) is 0 Å². The minimum absolute atomic E-state index is 0.0833. The van der Waals surface area contributed by atoms with E-state index in [4.69, 9.17) is 4.42 Å². The summed E-state index contributed by atoms with van der Waals surface area (Å²) in [6.07, 6.45) is 7.49. The first-order chi connectivity index (χ1) is 12.2. The standard InChI is InChI=1S/C19H23N3O3/c23-18(13-20-14-6-2-1-3-7-14)21-15-8-4-9-16(12-15)22-19(24)17-10-5-11-25-17/h4-5,8-12,14,20H,1-3,6-7,13H2,(H,21,23)(H,22,24). The summed E-state index contributed by atoms with van der Waals surface area (Å²) in [5.41, 5.74) is 1.24. The largest absolute Gasteiger partial charge is 0.459 e. The molecule has 3 N–H and O–H groups in total. The molecule has 1 aromatic heterocycles. The molecule has 0 spiro atoms. The van der Waals surface area contributed by atoms with Gasteiger partial charge in [0.15, 0.2) is 5.76 Å². The molecule has 6 heteroatoms. The molecule has 1 fully saturated rings. The van der Waals surface area contributed by atoms with E-state index in [9.17, 15) is 9.59 Å². The highest BCUT2D eigenvalue weighted by molar-refractivity contribution is 6.02. The van der Waals surface area contributed by atoms with Crippen molar-refractivity contribution in [3.05, 3.63) is 48.4 Å². The van der Waals surface area contributed by atoms with Crippen molar-refractivity contribution in [1.82, 2.24) is 5.32 Å². The molecule has 1 aliphatic carbocycles. The summed E-state index contributed by atoms with van der Waals surface area (Å²) >= 11 is 0. The van der Waals surface area contributed by atoms with Gasteiger partial charge in [-0.2, -0.15) is 0 Å². The molecule has 6 nitrogen and oxygen atoms in total. The van der Waals surface area contributed by atoms with Crippen molar-refractivity contribution >= 4 is 23.2 Å². The summed E-state index contributed by atoms with van der Waals surface area (Å²) < 4.78 is 5.06. The highest BCUT2D eigenvalue weighted by Gasteiger charge is 2.14. The van der Waals surface area contributed by atoms with Crippen LogP contribution >= 0.6 is 0 Å². The average Bonchev–Trinajstić information content (AvgIpc) is 3.16. The molecule has 1 aromatic carbocycles. The number of carbonyl (C=O) groups is 2. The zero-order chi connectivity index (χ0) is 17.5. The van der Waals surface area contributed by atoms with E-state index in [2.05, 4.69) is 16.0 Å². The summed E-state index contributed by atoms with van der Waals surface area (Å²) in [5.74, 6) is -0.168. The molecule has 132 valence electrons. The van der Waals surface area contributed by atoms with Gasteiger partial charge in [-0.15, -0.1) is 0 Å². The molecule has 0 atom stereocenters. The van der Waals surface area contributed by atoms with Gasteiger partial charge in [-0.25, -0.2) is 0 Å².